The van der Waals surface area contributed by atoms with Gasteiger partial charge >= 0.3 is 0 Å². The molecule has 0 bridgehead atoms. The lowest BCUT2D eigenvalue weighted by Crippen LogP contribution is -2.29. The van der Waals surface area contributed by atoms with Gasteiger partial charge in [-0.15, -0.1) is 0 Å². The highest BCUT2D eigenvalue weighted by Crippen LogP contribution is 2.25. The third-order valence-electron chi connectivity index (χ3n) is 4.69. The standard InChI is InChI=1S/C18H27NO3S/c1-15(16-7-3-2-4-8-16)11-13-19-18(20)12-14-23(21,22)17-9-5-6-10-17/h2-4,7-8,15,17H,5-6,9-14H2,1H3,(H,19,20). The summed E-state index contributed by atoms with van der Waals surface area (Å²) in [4.78, 5) is 11.8. The van der Waals surface area contributed by atoms with E-state index in [9.17, 15) is 13.2 Å². The third-order valence-corrected chi connectivity index (χ3v) is 6.95. The van der Waals surface area contributed by atoms with Crippen LogP contribution in [0.4, 0.5) is 0 Å². The summed E-state index contributed by atoms with van der Waals surface area (Å²) in [5.41, 5.74) is 1.26. The van der Waals surface area contributed by atoms with Crippen LogP contribution in [0, 0.1) is 0 Å². The first kappa shape index (κ1) is 18.0. The molecular weight excluding hydrogens is 310 g/mol. The van der Waals surface area contributed by atoms with Gasteiger partial charge in [0.2, 0.25) is 5.91 Å². The first-order valence-corrected chi connectivity index (χ1v) is 10.2. The van der Waals surface area contributed by atoms with E-state index in [1.165, 1.54) is 5.56 Å². The molecule has 1 fully saturated rings. The van der Waals surface area contributed by atoms with Gasteiger partial charge in [0.15, 0.2) is 9.84 Å². The van der Waals surface area contributed by atoms with Gasteiger partial charge in [-0.3, -0.25) is 4.79 Å². The van der Waals surface area contributed by atoms with Gasteiger partial charge in [-0.05, 0) is 30.7 Å². The van der Waals surface area contributed by atoms with Crippen molar-refractivity contribution in [2.24, 2.45) is 0 Å². The van der Waals surface area contributed by atoms with E-state index in [-0.39, 0.29) is 23.3 Å². The molecule has 4 nitrogen and oxygen atoms in total. The second-order valence-corrected chi connectivity index (χ2v) is 8.87. The van der Waals surface area contributed by atoms with Gasteiger partial charge in [-0.25, -0.2) is 8.42 Å². The van der Waals surface area contributed by atoms with E-state index >= 15 is 0 Å². The van der Waals surface area contributed by atoms with E-state index in [0.29, 0.717) is 12.5 Å². The highest BCUT2D eigenvalue weighted by molar-refractivity contribution is 7.92. The van der Waals surface area contributed by atoms with Crippen LogP contribution in [0.15, 0.2) is 30.3 Å². The molecule has 0 heterocycles. The van der Waals surface area contributed by atoms with Crippen LogP contribution in [-0.4, -0.2) is 31.9 Å². The molecule has 1 N–H and O–H groups in total. The van der Waals surface area contributed by atoms with E-state index in [2.05, 4.69) is 24.4 Å². The Balaban J connectivity index is 1.67. The summed E-state index contributed by atoms with van der Waals surface area (Å²) in [5.74, 6) is 0.197. The average Bonchev–Trinajstić information content (AvgIpc) is 3.09. The number of amides is 1. The van der Waals surface area contributed by atoms with Gasteiger partial charge in [0, 0.05) is 13.0 Å². The average molecular weight is 337 g/mol. The van der Waals surface area contributed by atoms with Crippen molar-refractivity contribution in [1.29, 1.82) is 0 Å². The fourth-order valence-electron chi connectivity index (χ4n) is 3.11. The Morgan fingerprint density at radius 1 is 1.22 bits per heavy atom. The van der Waals surface area contributed by atoms with Gasteiger partial charge in [0.05, 0.1) is 11.0 Å². The Kier molecular flexibility index (Phi) is 6.63. The van der Waals surface area contributed by atoms with Crippen LogP contribution in [-0.2, 0) is 14.6 Å². The number of hydrogen-bond donors (Lipinski definition) is 1. The molecule has 0 aliphatic heterocycles. The number of hydrogen-bond acceptors (Lipinski definition) is 3. The highest BCUT2D eigenvalue weighted by atomic mass is 32.2. The van der Waals surface area contributed by atoms with E-state index in [4.69, 9.17) is 0 Å². The summed E-state index contributed by atoms with van der Waals surface area (Å²) < 4.78 is 24.2. The van der Waals surface area contributed by atoms with Crippen LogP contribution in [0.1, 0.15) is 56.9 Å². The molecule has 128 valence electrons. The SMILES string of the molecule is CC(CCNC(=O)CCS(=O)(=O)C1CCCC1)c1ccccc1. The lowest BCUT2D eigenvalue weighted by atomic mass is 9.98. The van der Waals surface area contributed by atoms with Crippen molar-refractivity contribution >= 4 is 15.7 Å². The van der Waals surface area contributed by atoms with Crippen LogP contribution in [0.5, 0.6) is 0 Å². The van der Waals surface area contributed by atoms with Crippen LogP contribution in [0.3, 0.4) is 0 Å². The Labute approximate surface area is 139 Å². The van der Waals surface area contributed by atoms with E-state index < -0.39 is 9.84 Å². The Morgan fingerprint density at radius 3 is 2.52 bits per heavy atom. The van der Waals surface area contributed by atoms with E-state index in [1.54, 1.807) is 0 Å². The highest BCUT2D eigenvalue weighted by Gasteiger charge is 2.28. The first-order chi connectivity index (χ1) is 11.0. The summed E-state index contributed by atoms with van der Waals surface area (Å²) in [6, 6.07) is 10.2. The van der Waals surface area contributed by atoms with Crippen molar-refractivity contribution in [3.05, 3.63) is 35.9 Å². The van der Waals surface area contributed by atoms with Crippen molar-refractivity contribution in [1.82, 2.24) is 5.32 Å². The molecule has 1 unspecified atom stereocenters. The maximum atomic E-state index is 12.1. The largest absolute Gasteiger partial charge is 0.356 e. The zero-order chi connectivity index (χ0) is 16.7. The zero-order valence-electron chi connectivity index (χ0n) is 13.8. The number of benzene rings is 1. The van der Waals surface area contributed by atoms with Crippen LogP contribution in [0.2, 0.25) is 0 Å². The molecule has 5 heteroatoms. The molecule has 0 radical (unpaired) electrons. The monoisotopic (exact) mass is 337 g/mol. The zero-order valence-corrected chi connectivity index (χ0v) is 14.6. The lowest BCUT2D eigenvalue weighted by Gasteiger charge is -2.13. The minimum absolute atomic E-state index is 0.0161. The molecule has 1 aromatic rings. The number of carbonyl (C=O) groups excluding carboxylic acids is 1. The number of sulfone groups is 1. The molecule has 0 saturated heterocycles. The molecule has 1 aliphatic rings. The summed E-state index contributed by atoms with van der Waals surface area (Å²) in [5, 5.41) is 2.63. The molecule has 23 heavy (non-hydrogen) atoms. The van der Waals surface area contributed by atoms with Crippen LogP contribution >= 0.6 is 0 Å². The molecule has 0 aromatic heterocycles. The normalized spacial score (nSPS) is 17.1. The van der Waals surface area contributed by atoms with Gasteiger partial charge in [-0.2, -0.15) is 0 Å². The molecule has 1 aliphatic carbocycles. The Morgan fingerprint density at radius 2 is 1.87 bits per heavy atom. The predicted molar refractivity (Wildman–Crippen MR) is 93.1 cm³/mol. The van der Waals surface area contributed by atoms with Crippen molar-refractivity contribution in [3.63, 3.8) is 0 Å². The van der Waals surface area contributed by atoms with Gasteiger partial charge in [0.25, 0.3) is 0 Å². The van der Waals surface area contributed by atoms with E-state index in [0.717, 1.165) is 32.1 Å². The minimum atomic E-state index is -3.10. The van der Waals surface area contributed by atoms with Gasteiger partial charge in [0.1, 0.15) is 0 Å². The Bertz CT molecular complexity index is 592. The molecule has 2 rings (SSSR count). The third kappa shape index (κ3) is 5.65. The first-order valence-electron chi connectivity index (χ1n) is 8.52. The number of nitrogens with one attached hydrogen (secondary N) is 1. The van der Waals surface area contributed by atoms with Crippen LogP contribution < -0.4 is 5.32 Å². The Hall–Kier alpha value is -1.36. The molecule has 1 aromatic carbocycles. The van der Waals surface area contributed by atoms with E-state index in [1.807, 2.05) is 18.2 Å². The second-order valence-electron chi connectivity index (χ2n) is 6.47. The second kappa shape index (κ2) is 8.48. The molecular formula is C18H27NO3S. The van der Waals surface area contributed by atoms with Crippen molar-refractivity contribution < 1.29 is 13.2 Å². The van der Waals surface area contributed by atoms with Gasteiger partial charge in [-0.1, -0.05) is 50.1 Å². The van der Waals surface area contributed by atoms with Crippen LogP contribution in [0.25, 0.3) is 0 Å². The number of rotatable bonds is 8. The summed E-state index contributed by atoms with van der Waals surface area (Å²) >= 11 is 0. The maximum absolute atomic E-state index is 12.1. The predicted octanol–water partition coefficient (Wildman–Crippen LogP) is 3.04. The van der Waals surface area contributed by atoms with Crippen molar-refractivity contribution in [3.8, 4) is 0 Å². The summed E-state index contributed by atoms with van der Waals surface area (Å²) in [7, 11) is -3.10. The summed E-state index contributed by atoms with van der Waals surface area (Å²) in [6.45, 7) is 2.71. The minimum Gasteiger partial charge on any atom is -0.356 e. The van der Waals surface area contributed by atoms with Gasteiger partial charge < -0.3 is 5.32 Å². The molecule has 1 atom stereocenters. The fourth-order valence-corrected chi connectivity index (χ4v) is 4.97. The number of carbonyl (C=O) groups is 1. The lowest BCUT2D eigenvalue weighted by molar-refractivity contribution is -0.120. The smallest absolute Gasteiger partial charge is 0.221 e. The molecule has 1 amide bonds. The summed E-state index contributed by atoms with van der Waals surface area (Å²) in [6.07, 6.45) is 4.45. The molecule has 0 spiro atoms. The van der Waals surface area contributed by atoms with Crippen molar-refractivity contribution in [2.45, 2.75) is 56.6 Å². The topological polar surface area (TPSA) is 63.2 Å². The van der Waals surface area contributed by atoms with Crippen molar-refractivity contribution in [2.75, 3.05) is 12.3 Å². The quantitative estimate of drug-likeness (QED) is 0.793. The fraction of sp³-hybridized carbons (Fsp3) is 0.611. The maximum Gasteiger partial charge on any atom is 0.221 e. The molecule has 1 saturated carbocycles.